The average Bonchev–Trinajstić information content (AvgIpc) is 2.89. The Balaban J connectivity index is 1.97. The van der Waals surface area contributed by atoms with Crippen LogP contribution >= 0.6 is 15.9 Å². The van der Waals surface area contributed by atoms with Crippen molar-refractivity contribution in [2.45, 2.75) is 25.6 Å². The number of anilines is 1. The molecule has 0 bridgehead atoms. The van der Waals surface area contributed by atoms with E-state index in [2.05, 4.69) is 31.2 Å². The highest BCUT2D eigenvalue weighted by atomic mass is 79.9. The van der Waals surface area contributed by atoms with E-state index in [0.717, 1.165) is 19.6 Å². The molecule has 0 unspecified atom stereocenters. The molecule has 118 valence electrons. The smallest absolute Gasteiger partial charge is 0.381 e. The van der Waals surface area contributed by atoms with Crippen LogP contribution in [0.2, 0.25) is 0 Å². The standard InChI is InChI=1S/C12H16BrF3N4O/c13-10-9(17-3-6-19-4-1-2-5-19)7-18-20(11(10)21)8-12(14,15)16/h7,17H,1-6,8H2. The van der Waals surface area contributed by atoms with Crippen LogP contribution in [0, 0.1) is 0 Å². The van der Waals surface area contributed by atoms with Gasteiger partial charge >= 0.3 is 6.18 Å². The van der Waals surface area contributed by atoms with Crippen LogP contribution < -0.4 is 10.9 Å². The highest BCUT2D eigenvalue weighted by Gasteiger charge is 2.29. The molecule has 1 N–H and O–H groups in total. The molecule has 1 aliphatic heterocycles. The first-order valence-corrected chi connectivity index (χ1v) is 7.45. The number of alkyl halides is 3. The second-order valence-corrected chi connectivity index (χ2v) is 5.72. The molecule has 0 aliphatic carbocycles. The molecule has 0 atom stereocenters. The summed E-state index contributed by atoms with van der Waals surface area (Å²) in [5.74, 6) is 0. The molecule has 0 saturated carbocycles. The van der Waals surface area contributed by atoms with Gasteiger partial charge in [0.15, 0.2) is 0 Å². The highest BCUT2D eigenvalue weighted by Crippen LogP contribution is 2.19. The van der Waals surface area contributed by atoms with Gasteiger partial charge in [0, 0.05) is 13.1 Å². The van der Waals surface area contributed by atoms with Crippen molar-refractivity contribution in [2.24, 2.45) is 0 Å². The third-order valence-electron chi connectivity index (χ3n) is 3.26. The van der Waals surface area contributed by atoms with Crippen molar-refractivity contribution in [1.29, 1.82) is 0 Å². The van der Waals surface area contributed by atoms with Crippen molar-refractivity contribution in [2.75, 3.05) is 31.5 Å². The first-order chi connectivity index (χ1) is 9.87. The van der Waals surface area contributed by atoms with Gasteiger partial charge in [-0.1, -0.05) is 0 Å². The molecule has 9 heteroatoms. The van der Waals surface area contributed by atoms with E-state index in [9.17, 15) is 18.0 Å². The summed E-state index contributed by atoms with van der Waals surface area (Å²) in [6, 6.07) is 0. The Hall–Kier alpha value is -1.09. The first kappa shape index (κ1) is 16.3. The summed E-state index contributed by atoms with van der Waals surface area (Å²) in [6.45, 7) is 2.18. The summed E-state index contributed by atoms with van der Waals surface area (Å²) in [5, 5.41) is 6.58. The van der Waals surface area contributed by atoms with Crippen LogP contribution in [-0.2, 0) is 6.54 Å². The second kappa shape index (κ2) is 6.78. The molecule has 5 nitrogen and oxygen atoms in total. The molecule has 1 fully saturated rings. The van der Waals surface area contributed by atoms with Gasteiger partial charge in [0.1, 0.15) is 11.0 Å². The summed E-state index contributed by atoms with van der Waals surface area (Å²) in [7, 11) is 0. The van der Waals surface area contributed by atoms with Crippen molar-refractivity contribution >= 4 is 21.6 Å². The van der Waals surface area contributed by atoms with Gasteiger partial charge in [-0.3, -0.25) is 4.79 Å². The fourth-order valence-corrected chi connectivity index (χ4v) is 2.67. The fourth-order valence-electron chi connectivity index (χ4n) is 2.23. The maximum absolute atomic E-state index is 12.3. The Morgan fingerprint density at radius 2 is 2.00 bits per heavy atom. The fraction of sp³-hybridized carbons (Fsp3) is 0.667. The van der Waals surface area contributed by atoms with Crippen molar-refractivity contribution in [3.63, 3.8) is 0 Å². The van der Waals surface area contributed by atoms with Crippen molar-refractivity contribution in [3.05, 3.63) is 21.0 Å². The van der Waals surface area contributed by atoms with Crippen LogP contribution in [0.3, 0.4) is 0 Å². The van der Waals surface area contributed by atoms with Crippen LogP contribution in [-0.4, -0.2) is 47.0 Å². The molecular formula is C12H16BrF3N4O. The quantitative estimate of drug-likeness (QED) is 0.864. The van der Waals surface area contributed by atoms with Gasteiger partial charge < -0.3 is 10.2 Å². The molecule has 0 spiro atoms. The molecule has 21 heavy (non-hydrogen) atoms. The van der Waals surface area contributed by atoms with E-state index in [0.29, 0.717) is 16.9 Å². The molecule has 1 aromatic rings. The number of nitrogens with zero attached hydrogens (tertiary/aromatic N) is 3. The lowest BCUT2D eigenvalue weighted by molar-refractivity contribution is -0.143. The van der Waals surface area contributed by atoms with Gasteiger partial charge in [-0.25, -0.2) is 4.68 Å². The van der Waals surface area contributed by atoms with E-state index in [1.165, 1.54) is 19.0 Å². The molecule has 0 aromatic carbocycles. The summed E-state index contributed by atoms with van der Waals surface area (Å²) in [6.07, 6.45) is -0.848. The van der Waals surface area contributed by atoms with Gasteiger partial charge in [-0.05, 0) is 41.9 Å². The lowest BCUT2D eigenvalue weighted by atomic mass is 10.4. The average molecular weight is 369 g/mol. The zero-order chi connectivity index (χ0) is 15.5. The highest BCUT2D eigenvalue weighted by molar-refractivity contribution is 9.10. The number of halogens is 4. The minimum Gasteiger partial charge on any atom is -0.381 e. The Kier molecular flexibility index (Phi) is 5.26. The Morgan fingerprint density at radius 3 is 2.62 bits per heavy atom. The summed E-state index contributed by atoms with van der Waals surface area (Å²) in [4.78, 5) is 14.1. The summed E-state index contributed by atoms with van der Waals surface area (Å²) < 4.78 is 37.3. The molecule has 1 saturated heterocycles. The zero-order valence-corrected chi connectivity index (χ0v) is 12.9. The molecule has 1 aliphatic rings. The van der Waals surface area contributed by atoms with Crippen molar-refractivity contribution in [1.82, 2.24) is 14.7 Å². The number of hydrogen-bond donors (Lipinski definition) is 1. The van der Waals surface area contributed by atoms with Gasteiger partial charge in [-0.15, -0.1) is 0 Å². The van der Waals surface area contributed by atoms with E-state index >= 15 is 0 Å². The molecule has 0 radical (unpaired) electrons. The topological polar surface area (TPSA) is 50.2 Å². The van der Waals surface area contributed by atoms with E-state index < -0.39 is 18.3 Å². The van der Waals surface area contributed by atoms with Gasteiger partial charge in [-0.2, -0.15) is 18.3 Å². The summed E-state index contributed by atoms with van der Waals surface area (Å²) >= 11 is 3.04. The molecule has 2 heterocycles. The van der Waals surface area contributed by atoms with E-state index in [1.807, 2.05) is 0 Å². The lowest BCUT2D eigenvalue weighted by Crippen LogP contribution is -2.31. The maximum atomic E-state index is 12.3. The van der Waals surface area contributed by atoms with Gasteiger partial charge in [0.2, 0.25) is 0 Å². The Morgan fingerprint density at radius 1 is 1.33 bits per heavy atom. The molecule has 2 rings (SSSR count). The van der Waals surface area contributed by atoms with Gasteiger partial charge in [0.05, 0.1) is 11.9 Å². The van der Waals surface area contributed by atoms with Crippen LogP contribution in [0.4, 0.5) is 18.9 Å². The van der Waals surface area contributed by atoms with Gasteiger partial charge in [0.25, 0.3) is 5.56 Å². The SMILES string of the molecule is O=c1c(Br)c(NCCN2CCCC2)cnn1CC(F)(F)F. The number of likely N-dealkylation sites (tertiary alicyclic amines) is 1. The molecular weight excluding hydrogens is 353 g/mol. The van der Waals surface area contributed by atoms with Crippen LogP contribution in [0.25, 0.3) is 0 Å². The Bertz CT molecular complexity index is 540. The van der Waals surface area contributed by atoms with Crippen LogP contribution in [0.15, 0.2) is 15.5 Å². The third kappa shape index (κ3) is 4.70. The number of aromatic nitrogens is 2. The number of hydrogen-bond acceptors (Lipinski definition) is 4. The summed E-state index contributed by atoms with van der Waals surface area (Å²) in [5.41, 5.74) is -0.379. The Labute approximate surface area is 128 Å². The first-order valence-electron chi connectivity index (χ1n) is 6.65. The number of nitrogens with one attached hydrogen (secondary N) is 1. The minimum atomic E-state index is -4.47. The van der Waals surface area contributed by atoms with Crippen molar-refractivity contribution in [3.8, 4) is 0 Å². The minimum absolute atomic E-state index is 0.0724. The molecule has 0 amide bonds. The normalized spacial score (nSPS) is 16.4. The van der Waals surface area contributed by atoms with Crippen LogP contribution in [0.1, 0.15) is 12.8 Å². The predicted octanol–water partition coefficient (Wildman–Crippen LogP) is 2.08. The van der Waals surface area contributed by atoms with E-state index in [-0.39, 0.29) is 4.47 Å². The lowest BCUT2D eigenvalue weighted by Gasteiger charge is -2.16. The third-order valence-corrected chi connectivity index (χ3v) is 4.02. The second-order valence-electron chi connectivity index (χ2n) is 4.93. The van der Waals surface area contributed by atoms with Crippen molar-refractivity contribution < 1.29 is 13.2 Å². The monoisotopic (exact) mass is 368 g/mol. The molecule has 1 aromatic heterocycles. The van der Waals surface area contributed by atoms with Crippen LogP contribution in [0.5, 0.6) is 0 Å². The predicted molar refractivity (Wildman–Crippen MR) is 76.4 cm³/mol. The number of rotatable bonds is 5. The largest absolute Gasteiger partial charge is 0.408 e. The maximum Gasteiger partial charge on any atom is 0.408 e. The zero-order valence-electron chi connectivity index (χ0n) is 11.3. The van der Waals surface area contributed by atoms with E-state index in [4.69, 9.17) is 0 Å². The van der Waals surface area contributed by atoms with E-state index in [1.54, 1.807) is 0 Å².